The second kappa shape index (κ2) is 8.07. The van der Waals surface area contributed by atoms with E-state index in [4.69, 9.17) is 0 Å². The first kappa shape index (κ1) is 20.6. The number of fused-ring (bicyclic) bond motifs is 2. The van der Waals surface area contributed by atoms with Crippen molar-refractivity contribution in [2.75, 3.05) is 19.6 Å². The minimum absolute atomic E-state index is 0. The number of hydrogen-bond donors (Lipinski definition) is 1. The molecule has 0 bridgehead atoms. The molecule has 148 valence electrons. The van der Waals surface area contributed by atoms with Crippen LogP contribution in [0.2, 0.25) is 0 Å². The molecule has 5 rings (SSSR count). The fourth-order valence-electron chi connectivity index (χ4n) is 4.46. The molecule has 2 aliphatic rings. The van der Waals surface area contributed by atoms with E-state index in [2.05, 4.69) is 10.3 Å². The van der Waals surface area contributed by atoms with Crippen LogP contribution in [0.5, 0.6) is 0 Å². The van der Waals surface area contributed by atoms with Crippen molar-refractivity contribution in [2.45, 2.75) is 6.04 Å². The molecule has 1 amide bonds. The highest BCUT2D eigenvalue weighted by molar-refractivity contribution is 5.94. The lowest BCUT2D eigenvalue weighted by Crippen LogP contribution is -2.34. The topological polar surface area (TPSA) is 49.6 Å². The third kappa shape index (κ3) is 3.36. The number of hydrogen-bond acceptors (Lipinski definition) is 3. The van der Waals surface area contributed by atoms with Gasteiger partial charge in [0.15, 0.2) is 0 Å². The molecule has 0 saturated carbocycles. The summed E-state index contributed by atoms with van der Waals surface area (Å²) in [5, 5.41) is 3.41. The van der Waals surface area contributed by atoms with E-state index < -0.39 is 0 Å². The van der Waals surface area contributed by atoms with Crippen LogP contribution in [-0.4, -0.2) is 39.8 Å². The van der Waals surface area contributed by atoms with Crippen molar-refractivity contribution in [3.8, 4) is 0 Å². The van der Waals surface area contributed by atoms with E-state index >= 15 is 0 Å². The van der Waals surface area contributed by atoms with Crippen LogP contribution in [0.4, 0.5) is 4.39 Å². The molecule has 3 atom stereocenters. The van der Waals surface area contributed by atoms with Gasteiger partial charge in [0.1, 0.15) is 11.5 Å². The number of rotatable bonds is 2. The summed E-state index contributed by atoms with van der Waals surface area (Å²) in [4.78, 5) is 19.4. The number of imidazole rings is 1. The fourth-order valence-corrected chi connectivity index (χ4v) is 4.46. The van der Waals surface area contributed by atoms with E-state index in [-0.39, 0.29) is 42.6 Å². The van der Waals surface area contributed by atoms with Gasteiger partial charge in [-0.25, -0.2) is 9.37 Å². The smallest absolute Gasteiger partial charge is 0.255 e. The Kier molecular flexibility index (Phi) is 5.93. The molecule has 2 saturated heterocycles. The molecule has 4 heterocycles. The normalized spacial score (nSPS) is 23.2. The Morgan fingerprint density at radius 2 is 2.04 bits per heavy atom. The quantitative estimate of drug-likeness (QED) is 0.688. The lowest BCUT2D eigenvalue weighted by molar-refractivity contribution is 0.0713. The van der Waals surface area contributed by atoms with Gasteiger partial charge in [-0.2, -0.15) is 0 Å². The van der Waals surface area contributed by atoms with Gasteiger partial charge in [0.05, 0.1) is 11.6 Å². The molecule has 0 unspecified atom stereocenters. The number of likely N-dealkylation sites (tertiary alicyclic amines) is 1. The molecule has 0 aliphatic carbocycles. The molecule has 8 heteroatoms. The molecule has 2 aromatic heterocycles. The maximum atomic E-state index is 13.8. The van der Waals surface area contributed by atoms with E-state index in [0.717, 1.165) is 24.3 Å². The van der Waals surface area contributed by atoms with Gasteiger partial charge in [-0.3, -0.25) is 4.79 Å². The van der Waals surface area contributed by atoms with Crippen LogP contribution in [0.25, 0.3) is 5.65 Å². The fraction of sp³-hybridized carbons (Fsp3) is 0.300. The minimum atomic E-state index is -0.260. The predicted molar refractivity (Wildman–Crippen MR) is 110 cm³/mol. The Balaban J connectivity index is 0.00000112. The summed E-state index contributed by atoms with van der Waals surface area (Å²) >= 11 is 0. The van der Waals surface area contributed by atoms with E-state index in [0.29, 0.717) is 23.9 Å². The summed E-state index contributed by atoms with van der Waals surface area (Å²) in [7, 11) is 0. The number of carbonyl (C=O) groups excluding carboxylic acids is 1. The van der Waals surface area contributed by atoms with Crippen molar-refractivity contribution in [1.29, 1.82) is 0 Å². The Labute approximate surface area is 174 Å². The number of halogens is 3. The van der Waals surface area contributed by atoms with Crippen LogP contribution < -0.4 is 5.32 Å². The summed E-state index contributed by atoms with van der Waals surface area (Å²) in [6.45, 7) is 2.46. The first-order chi connectivity index (χ1) is 12.7. The first-order valence-corrected chi connectivity index (χ1v) is 8.90. The van der Waals surface area contributed by atoms with E-state index in [9.17, 15) is 9.18 Å². The Morgan fingerprint density at radius 1 is 1.18 bits per heavy atom. The average molecular weight is 423 g/mol. The van der Waals surface area contributed by atoms with Gasteiger partial charge in [-0.05, 0) is 35.7 Å². The molecule has 0 spiro atoms. The Bertz CT molecular complexity index is 995. The maximum absolute atomic E-state index is 13.8. The largest absolute Gasteiger partial charge is 0.331 e. The highest BCUT2D eigenvalue weighted by atomic mass is 35.5. The molecule has 5 nitrogen and oxygen atoms in total. The second-order valence-corrected chi connectivity index (χ2v) is 7.15. The number of nitrogens with zero attached hydrogens (tertiary/aromatic N) is 3. The van der Waals surface area contributed by atoms with E-state index in [1.807, 2.05) is 39.9 Å². The molecule has 2 aliphatic heterocycles. The number of benzene rings is 1. The van der Waals surface area contributed by atoms with Crippen molar-refractivity contribution in [3.05, 3.63) is 71.9 Å². The SMILES string of the molecule is Cl.Cl.O=C(c1ccc2nccn2c1)N1C[C@@H]2CNC[C@@H]2[C@H]1c1cccc(F)c1. The molecule has 0 radical (unpaired) electrons. The number of aromatic nitrogens is 2. The van der Waals surface area contributed by atoms with Crippen LogP contribution in [-0.2, 0) is 0 Å². The Morgan fingerprint density at radius 3 is 2.86 bits per heavy atom. The van der Waals surface area contributed by atoms with Crippen molar-refractivity contribution in [3.63, 3.8) is 0 Å². The Hall–Kier alpha value is -2.15. The van der Waals surface area contributed by atoms with Crippen LogP contribution in [0.1, 0.15) is 22.0 Å². The maximum Gasteiger partial charge on any atom is 0.255 e. The predicted octanol–water partition coefficient (Wildman–Crippen LogP) is 3.35. The highest BCUT2D eigenvalue weighted by Gasteiger charge is 2.46. The van der Waals surface area contributed by atoms with Crippen molar-refractivity contribution < 1.29 is 9.18 Å². The summed E-state index contributed by atoms with van der Waals surface area (Å²) in [5.74, 6) is 0.454. The van der Waals surface area contributed by atoms with Gasteiger partial charge in [-0.1, -0.05) is 12.1 Å². The number of amides is 1. The zero-order valence-electron chi connectivity index (χ0n) is 15.0. The van der Waals surface area contributed by atoms with Crippen molar-refractivity contribution in [2.24, 2.45) is 11.8 Å². The zero-order valence-corrected chi connectivity index (χ0v) is 16.6. The van der Waals surface area contributed by atoms with Crippen LogP contribution in [0, 0.1) is 17.7 Å². The van der Waals surface area contributed by atoms with Gasteiger partial charge in [0.25, 0.3) is 5.91 Å². The average Bonchev–Trinajstić information content (AvgIpc) is 3.35. The van der Waals surface area contributed by atoms with E-state index in [1.165, 1.54) is 6.07 Å². The van der Waals surface area contributed by atoms with Gasteiger partial charge in [0, 0.05) is 44.1 Å². The van der Waals surface area contributed by atoms with E-state index in [1.54, 1.807) is 18.3 Å². The van der Waals surface area contributed by atoms with Crippen LogP contribution in [0.3, 0.4) is 0 Å². The second-order valence-electron chi connectivity index (χ2n) is 7.15. The number of pyridine rings is 1. The molecule has 2 fully saturated rings. The lowest BCUT2D eigenvalue weighted by Gasteiger charge is -2.28. The van der Waals surface area contributed by atoms with Crippen LogP contribution in [0.15, 0.2) is 55.0 Å². The van der Waals surface area contributed by atoms with Crippen molar-refractivity contribution >= 4 is 36.4 Å². The summed E-state index contributed by atoms with van der Waals surface area (Å²) in [5.41, 5.74) is 2.31. The first-order valence-electron chi connectivity index (χ1n) is 8.90. The number of carbonyl (C=O) groups is 1. The molecule has 1 aromatic carbocycles. The third-order valence-electron chi connectivity index (χ3n) is 5.65. The molecule has 28 heavy (non-hydrogen) atoms. The molecule has 3 aromatic rings. The van der Waals surface area contributed by atoms with Gasteiger partial charge < -0.3 is 14.6 Å². The monoisotopic (exact) mass is 422 g/mol. The minimum Gasteiger partial charge on any atom is -0.331 e. The van der Waals surface area contributed by atoms with Gasteiger partial charge >= 0.3 is 0 Å². The van der Waals surface area contributed by atoms with Crippen molar-refractivity contribution in [1.82, 2.24) is 19.6 Å². The summed E-state index contributed by atoms with van der Waals surface area (Å²) in [6, 6.07) is 10.2. The summed E-state index contributed by atoms with van der Waals surface area (Å²) in [6.07, 6.45) is 5.36. The molecular weight excluding hydrogens is 402 g/mol. The zero-order chi connectivity index (χ0) is 17.7. The standard InChI is InChI=1S/C20H19FN4O.2ClH/c21-16-3-1-2-13(8-16)19-17-10-22-9-15(17)12-25(19)20(26)14-4-5-18-23-6-7-24(18)11-14;;/h1-8,11,15,17,19,22H,9-10,12H2;2*1H/t15-,17-,19+;;/m0../s1. The van der Waals surface area contributed by atoms with Gasteiger partial charge in [0.2, 0.25) is 0 Å². The van der Waals surface area contributed by atoms with Gasteiger partial charge in [-0.15, -0.1) is 24.8 Å². The van der Waals surface area contributed by atoms with Crippen LogP contribution >= 0.6 is 24.8 Å². The molecular formula is C20H21Cl2FN4O. The number of nitrogens with one attached hydrogen (secondary N) is 1. The lowest BCUT2D eigenvalue weighted by atomic mass is 9.89. The molecule has 1 N–H and O–H groups in total. The summed E-state index contributed by atoms with van der Waals surface area (Å²) < 4.78 is 15.7. The highest BCUT2D eigenvalue weighted by Crippen LogP contribution is 2.43. The third-order valence-corrected chi connectivity index (χ3v) is 5.65.